The van der Waals surface area contributed by atoms with Crippen molar-refractivity contribution in [2.24, 2.45) is 0 Å². The number of hydrogen-bond acceptors (Lipinski definition) is 4. The van der Waals surface area contributed by atoms with E-state index >= 15 is 0 Å². The van der Waals surface area contributed by atoms with E-state index in [0.29, 0.717) is 17.5 Å². The van der Waals surface area contributed by atoms with Crippen molar-refractivity contribution in [2.75, 3.05) is 24.7 Å². The first kappa shape index (κ1) is 10.4. The summed E-state index contributed by atoms with van der Waals surface area (Å²) in [5.74, 6) is 0.655. The molecule has 0 aromatic carbocycles. The molecule has 2 aliphatic heterocycles. The fraction of sp³-hybridized carbons (Fsp3) is 1.00. The standard InChI is InChI=1S/C9H17NO3S/c11-14(12)5-3-9(7-14)10-8-2-1-4-13-6-8/h8-10H,1-7H2. The SMILES string of the molecule is O=S1(=O)CCC(NC2CCCOC2)C1. The molecule has 2 aliphatic rings. The summed E-state index contributed by atoms with van der Waals surface area (Å²) in [6.45, 7) is 1.58. The van der Waals surface area contributed by atoms with Gasteiger partial charge in [0.2, 0.25) is 0 Å². The van der Waals surface area contributed by atoms with Crippen LogP contribution in [0.4, 0.5) is 0 Å². The van der Waals surface area contributed by atoms with Crippen molar-refractivity contribution < 1.29 is 13.2 Å². The van der Waals surface area contributed by atoms with Gasteiger partial charge >= 0.3 is 0 Å². The van der Waals surface area contributed by atoms with Crippen LogP contribution >= 0.6 is 0 Å². The van der Waals surface area contributed by atoms with Gasteiger partial charge in [-0.2, -0.15) is 0 Å². The molecule has 0 aromatic rings. The first-order valence-electron chi connectivity index (χ1n) is 5.20. The van der Waals surface area contributed by atoms with E-state index < -0.39 is 9.84 Å². The molecule has 1 N–H and O–H groups in total. The monoisotopic (exact) mass is 219 g/mol. The lowest BCUT2D eigenvalue weighted by atomic mass is 10.1. The molecular formula is C9H17NO3S. The predicted molar refractivity (Wildman–Crippen MR) is 54.0 cm³/mol. The third-order valence-electron chi connectivity index (χ3n) is 2.86. The molecule has 0 aromatic heterocycles. The molecular weight excluding hydrogens is 202 g/mol. The van der Waals surface area contributed by atoms with E-state index in [4.69, 9.17) is 4.74 Å². The molecule has 5 heteroatoms. The Morgan fingerprint density at radius 2 is 2.07 bits per heavy atom. The van der Waals surface area contributed by atoms with Crippen LogP contribution in [0.15, 0.2) is 0 Å². The van der Waals surface area contributed by atoms with Crippen LogP contribution in [0.2, 0.25) is 0 Å². The van der Waals surface area contributed by atoms with E-state index in [-0.39, 0.29) is 6.04 Å². The van der Waals surface area contributed by atoms with E-state index in [1.54, 1.807) is 0 Å². The zero-order valence-electron chi connectivity index (χ0n) is 8.24. The first-order valence-corrected chi connectivity index (χ1v) is 7.02. The van der Waals surface area contributed by atoms with Gasteiger partial charge < -0.3 is 10.1 Å². The minimum Gasteiger partial charge on any atom is -0.380 e. The molecule has 0 amide bonds. The third kappa shape index (κ3) is 2.68. The van der Waals surface area contributed by atoms with Crippen molar-refractivity contribution >= 4 is 9.84 Å². The van der Waals surface area contributed by atoms with Crippen molar-refractivity contribution in [3.8, 4) is 0 Å². The quantitative estimate of drug-likeness (QED) is 0.707. The van der Waals surface area contributed by atoms with Gasteiger partial charge in [0, 0.05) is 18.7 Å². The van der Waals surface area contributed by atoms with E-state index in [1.165, 1.54) is 0 Å². The van der Waals surface area contributed by atoms with Gasteiger partial charge in [0.05, 0.1) is 18.1 Å². The summed E-state index contributed by atoms with van der Waals surface area (Å²) in [6.07, 6.45) is 2.95. The number of sulfone groups is 1. The van der Waals surface area contributed by atoms with Crippen LogP contribution in [0.5, 0.6) is 0 Å². The average molecular weight is 219 g/mol. The number of ether oxygens (including phenoxy) is 1. The molecule has 2 atom stereocenters. The lowest BCUT2D eigenvalue weighted by Gasteiger charge is -2.25. The first-order chi connectivity index (χ1) is 6.66. The van der Waals surface area contributed by atoms with Crippen LogP contribution in [-0.2, 0) is 14.6 Å². The topological polar surface area (TPSA) is 55.4 Å². The summed E-state index contributed by atoms with van der Waals surface area (Å²) in [6, 6.07) is 0.522. The fourth-order valence-electron chi connectivity index (χ4n) is 2.13. The smallest absolute Gasteiger partial charge is 0.151 e. The highest BCUT2D eigenvalue weighted by atomic mass is 32.2. The maximum atomic E-state index is 11.2. The van der Waals surface area contributed by atoms with Crippen LogP contribution < -0.4 is 5.32 Å². The molecule has 0 spiro atoms. The lowest BCUT2D eigenvalue weighted by molar-refractivity contribution is 0.0674. The Morgan fingerprint density at radius 1 is 1.21 bits per heavy atom. The summed E-state index contributed by atoms with van der Waals surface area (Å²) < 4.78 is 27.8. The van der Waals surface area contributed by atoms with E-state index in [9.17, 15) is 8.42 Å². The van der Waals surface area contributed by atoms with Crippen LogP contribution in [0.1, 0.15) is 19.3 Å². The van der Waals surface area contributed by atoms with Crippen LogP contribution in [0.3, 0.4) is 0 Å². The highest BCUT2D eigenvalue weighted by Gasteiger charge is 2.29. The zero-order chi connectivity index (χ0) is 10.0. The normalized spacial score (nSPS) is 37.1. The Balaban J connectivity index is 1.80. The molecule has 0 saturated carbocycles. The molecule has 2 saturated heterocycles. The van der Waals surface area contributed by atoms with Gasteiger partial charge in [0.1, 0.15) is 0 Å². The number of rotatable bonds is 2. The lowest BCUT2D eigenvalue weighted by Crippen LogP contribution is -2.43. The van der Waals surface area contributed by atoms with Crippen LogP contribution in [-0.4, -0.2) is 45.2 Å². The Bertz CT molecular complexity index is 282. The van der Waals surface area contributed by atoms with E-state index in [1.807, 2.05) is 0 Å². The minimum absolute atomic E-state index is 0.159. The van der Waals surface area contributed by atoms with Gasteiger partial charge in [-0.05, 0) is 19.3 Å². The highest BCUT2D eigenvalue weighted by Crippen LogP contribution is 2.14. The number of nitrogens with one attached hydrogen (secondary N) is 1. The molecule has 14 heavy (non-hydrogen) atoms. The average Bonchev–Trinajstić information content (AvgIpc) is 2.47. The maximum Gasteiger partial charge on any atom is 0.151 e. The van der Waals surface area contributed by atoms with Crippen molar-refractivity contribution in [1.82, 2.24) is 5.32 Å². The molecule has 0 radical (unpaired) electrons. The number of hydrogen-bond donors (Lipinski definition) is 1. The summed E-state index contributed by atoms with van der Waals surface area (Å²) in [4.78, 5) is 0. The van der Waals surface area contributed by atoms with E-state index in [0.717, 1.165) is 32.5 Å². The Labute approximate surface area is 84.9 Å². The molecule has 0 bridgehead atoms. The molecule has 2 fully saturated rings. The second-order valence-electron chi connectivity index (χ2n) is 4.18. The summed E-state index contributed by atoms with van der Waals surface area (Å²) in [7, 11) is -2.75. The molecule has 0 aliphatic carbocycles. The third-order valence-corrected chi connectivity index (χ3v) is 4.63. The Kier molecular flexibility index (Phi) is 3.09. The molecule has 2 rings (SSSR count). The van der Waals surface area contributed by atoms with Crippen molar-refractivity contribution in [2.45, 2.75) is 31.3 Å². The minimum atomic E-state index is -2.75. The zero-order valence-corrected chi connectivity index (χ0v) is 9.05. The summed E-state index contributed by atoms with van der Waals surface area (Å²) in [5, 5.41) is 3.37. The van der Waals surface area contributed by atoms with E-state index in [2.05, 4.69) is 5.32 Å². The van der Waals surface area contributed by atoms with Crippen LogP contribution in [0.25, 0.3) is 0 Å². The van der Waals surface area contributed by atoms with Crippen molar-refractivity contribution in [3.05, 3.63) is 0 Å². The summed E-state index contributed by atoms with van der Waals surface area (Å²) >= 11 is 0. The second-order valence-corrected chi connectivity index (χ2v) is 6.41. The van der Waals surface area contributed by atoms with Gasteiger partial charge in [-0.1, -0.05) is 0 Å². The predicted octanol–water partition coefficient (Wildman–Crippen LogP) is -0.0579. The Morgan fingerprint density at radius 3 is 2.64 bits per heavy atom. The fourth-order valence-corrected chi connectivity index (χ4v) is 3.82. The van der Waals surface area contributed by atoms with Crippen molar-refractivity contribution in [1.29, 1.82) is 0 Å². The molecule has 2 heterocycles. The largest absolute Gasteiger partial charge is 0.380 e. The van der Waals surface area contributed by atoms with Gasteiger partial charge in [0.15, 0.2) is 9.84 Å². The molecule has 2 unspecified atom stereocenters. The molecule has 82 valence electrons. The van der Waals surface area contributed by atoms with Gasteiger partial charge in [0.25, 0.3) is 0 Å². The molecule has 4 nitrogen and oxygen atoms in total. The van der Waals surface area contributed by atoms with Crippen molar-refractivity contribution in [3.63, 3.8) is 0 Å². The Hall–Kier alpha value is -0.130. The van der Waals surface area contributed by atoms with Crippen LogP contribution in [0, 0.1) is 0 Å². The summed E-state index contributed by atoms with van der Waals surface area (Å²) in [5.41, 5.74) is 0. The maximum absolute atomic E-state index is 11.2. The highest BCUT2D eigenvalue weighted by molar-refractivity contribution is 7.91. The van der Waals surface area contributed by atoms with Gasteiger partial charge in [-0.15, -0.1) is 0 Å². The van der Waals surface area contributed by atoms with Gasteiger partial charge in [-0.3, -0.25) is 0 Å². The second kappa shape index (κ2) is 4.16. The van der Waals surface area contributed by atoms with Gasteiger partial charge in [-0.25, -0.2) is 8.42 Å².